The maximum Gasteiger partial charge on any atom is 0.261 e. The van der Waals surface area contributed by atoms with E-state index in [1.165, 1.54) is 11.3 Å². The lowest BCUT2D eigenvalue weighted by Gasteiger charge is -2.00. The summed E-state index contributed by atoms with van der Waals surface area (Å²) in [7, 11) is 0. The molecule has 0 aromatic carbocycles. The van der Waals surface area contributed by atoms with E-state index in [0.29, 0.717) is 16.5 Å². The molecule has 17 heavy (non-hydrogen) atoms. The fourth-order valence-corrected chi connectivity index (χ4v) is 2.22. The predicted octanol–water partition coefficient (Wildman–Crippen LogP) is 2.62. The van der Waals surface area contributed by atoms with Crippen molar-refractivity contribution in [2.75, 3.05) is 5.32 Å². The molecule has 2 aromatic rings. The molecular weight excluding hydrogens is 238 g/mol. The monoisotopic (exact) mass is 251 g/mol. The van der Waals surface area contributed by atoms with Crippen molar-refractivity contribution in [3.8, 4) is 0 Å². The Labute approximate surface area is 103 Å². The number of aromatic nitrogens is 2. The highest BCUT2D eigenvalue weighted by Crippen LogP contribution is 2.22. The number of amides is 1. The lowest BCUT2D eigenvalue weighted by molar-refractivity contribution is 0.102. The van der Waals surface area contributed by atoms with Crippen LogP contribution in [0.4, 0.5) is 5.13 Å². The molecule has 0 fully saturated rings. The Bertz CT molecular complexity index is 571. The first-order chi connectivity index (χ1) is 7.99. The minimum Gasteiger partial charge on any atom is -0.466 e. The van der Waals surface area contributed by atoms with Crippen molar-refractivity contribution in [1.82, 2.24) is 10.2 Å². The minimum atomic E-state index is -0.201. The van der Waals surface area contributed by atoms with Crippen LogP contribution in [0.2, 0.25) is 0 Å². The van der Waals surface area contributed by atoms with Gasteiger partial charge in [-0.05, 0) is 27.7 Å². The number of anilines is 1. The van der Waals surface area contributed by atoms with Gasteiger partial charge in [-0.3, -0.25) is 10.1 Å². The van der Waals surface area contributed by atoms with Crippen molar-refractivity contribution in [3.63, 3.8) is 0 Å². The van der Waals surface area contributed by atoms with Gasteiger partial charge >= 0.3 is 0 Å². The Hall–Kier alpha value is -1.69. The quantitative estimate of drug-likeness (QED) is 0.890. The second kappa shape index (κ2) is 4.29. The number of nitrogens with zero attached hydrogens (tertiary/aromatic N) is 2. The molecule has 0 aliphatic heterocycles. The minimum absolute atomic E-state index is 0.201. The summed E-state index contributed by atoms with van der Waals surface area (Å²) in [5.74, 6) is 1.19. The first kappa shape index (κ1) is 11.8. The normalized spacial score (nSPS) is 10.6. The van der Waals surface area contributed by atoms with Gasteiger partial charge in [0.05, 0.1) is 5.56 Å². The van der Waals surface area contributed by atoms with Gasteiger partial charge in [0, 0.05) is 5.56 Å². The summed E-state index contributed by atoms with van der Waals surface area (Å²) in [6, 6.07) is 0. The highest BCUT2D eigenvalue weighted by atomic mass is 32.1. The lowest BCUT2D eigenvalue weighted by atomic mass is 10.1. The third-order valence-electron chi connectivity index (χ3n) is 2.53. The number of hydrogen-bond acceptors (Lipinski definition) is 5. The molecule has 2 rings (SSSR count). The molecule has 0 aliphatic rings. The smallest absolute Gasteiger partial charge is 0.261 e. The van der Waals surface area contributed by atoms with E-state index < -0.39 is 0 Å². The molecule has 5 nitrogen and oxygen atoms in total. The van der Waals surface area contributed by atoms with Gasteiger partial charge in [-0.2, -0.15) is 0 Å². The average molecular weight is 251 g/mol. The first-order valence-electron chi connectivity index (χ1n) is 5.17. The Kier molecular flexibility index (Phi) is 2.97. The van der Waals surface area contributed by atoms with Crippen molar-refractivity contribution in [1.29, 1.82) is 0 Å². The van der Waals surface area contributed by atoms with Crippen molar-refractivity contribution in [2.24, 2.45) is 0 Å². The highest BCUT2D eigenvalue weighted by Gasteiger charge is 2.19. The van der Waals surface area contributed by atoms with Crippen LogP contribution in [0.15, 0.2) is 4.42 Å². The molecule has 0 radical (unpaired) electrons. The van der Waals surface area contributed by atoms with Crippen LogP contribution in [-0.4, -0.2) is 16.1 Å². The van der Waals surface area contributed by atoms with Gasteiger partial charge in [0.2, 0.25) is 5.13 Å². The third kappa shape index (κ3) is 2.21. The molecular formula is C11H13N3O2S. The number of nitrogens with one attached hydrogen (secondary N) is 1. The fraction of sp³-hybridized carbons (Fsp3) is 0.364. The Morgan fingerprint density at radius 3 is 2.35 bits per heavy atom. The molecule has 1 amide bonds. The van der Waals surface area contributed by atoms with Crippen LogP contribution in [0.25, 0.3) is 0 Å². The van der Waals surface area contributed by atoms with Crippen molar-refractivity contribution in [3.05, 3.63) is 27.7 Å². The van der Waals surface area contributed by atoms with E-state index in [9.17, 15) is 4.79 Å². The molecule has 2 aromatic heterocycles. The first-order valence-corrected chi connectivity index (χ1v) is 5.98. The topological polar surface area (TPSA) is 68.0 Å². The van der Waals surface area contributed by atoms with E-state index >= 15 is 0 Å². The van der Waals surface area contributed by atoms with Gasteiger partial charge in [-0.25, -0.2) is 0 Å². The van der Waals surface area contributed by atoms with Crippen molar-refractivity contribution < 1.29 is 9.21 Å². The van der Waals surface area contributed by atoms with Gasteiger partial charge < -0.3 is 4.42 Å². The Morgan fingerprint density at radius 2 is 1.88 bits per heavy atom. The SMILES string of the molecule is Cc1nnc(NC(=O)c2c(C)oc(C)c2C)s1. The summed E-state index contributed by atoms with van der Waals surface area (Å²) in [5, 5.41) is 11.7. The second-order valence-corrected chi connectivity index (χ2v) is 4.98. The van der Waals surface area contributed by atoms with E-state index in [1.807, 2.05) is 20.8 Å². The maximum absolute atomic E-state index is 12.0. The molecule has 6 heteroatoms. The molecule has 0 bridgehead atoms. The van der Waals surface area contributed by atoms with Gasteiger partial charge in [0.25, 0.3) is 5.91 Å². The summed E-state index contributed by atoms with van der Waals surface area (Å²) in [4.78, 5) is 12.0. The highest BCUT2D eigenvalue weighted by molar-refractivity contribution is 7.15. The number of hydrogen-bond donors (Lipinski definition) is 1. The number of carbonyl (C=O) groups excluding carboxylic acids is 1. The molecule has 0 spiro atoms. The number of carbonyl (C=O) groups is 1. The van der Waals surface area contributed by atoms with Crippen LogP contribution >= 0.6 is 11.3 Å². The molecule has 2 heterocycles. The standard InChI is InChI=1S/C11H13N3O2S/c1-5-6(2)16-7(3)9(5)10(15)12-11-14-13-8(4)17-11/h1-4H3,(H,12,14,15). The predicted molar refractivity (Wildman–Crippen MR) is 65.5 cm³/mol. The van der Waals surface area contributed by atoms with Gasteiger partial charge in [0.1, 0.15) is 16.5 Å². The van der Waals surface area contributed by atoms with E-state index in [-0.39, 0.29) is 5.91 Å². The van der Waals surface area contributed by atoms with Crippen LogP contribution in [-0.2, 0) is 0 Å². The molecule has 0 saturated carbocycles. The van der Waals surface area contributed by atoms with Gasteiger partial charge in [-0.1, -0.05) is 11.3 Å². The Balaban J connectivity index is 2.26. The van der Waals surface area contributed by atoms with Gasteiger partial charge in [0.15, 0.2) is 0 Å². The van der Waals surface area contributed by atoms with Crippen molar-refractivity contribution >= 4 is 22.4 Å². The molecule has 0 unspecified atom stereocenters. The molecule has 0 aliphatic carbocycles. The molecule has 0 atom stereocenters. The van der Waals surface area contributed by atoms with Crippen molar-refractivity contribution in [2.45, 2.75) is 27.7 Å². The number of rotatable bonds is 2. The lowest BCUT2D eigenvalue weighted by Crippen LogP contribution is -2.13. The van der Waals surface area contributed by atoms with E-state index in [4.69, 9.17) is 4.42 Å². The van der Waals surface area contributed by atoms with E-state index in [0.717, 1.165) is 16.3 Å². The molecule has 1 N–H and O–H groups in total. The fourth-order valence-electron chi connectivity index (χ4n) is 1.63. The van der Waals surface area contributed by atoms with Crippen LogP contribution in [0, 0.1) is 27.7 Å². The summed E-state index contributed by atoms with van der Waals surface area (Å²) in [5.41, 5.74) is 1.44. The van der Waals surface area contributed by atoms with Crippen LogP contribution < -0.4 is 5.32 Å². The van der Waals surface area contributed by atoms with Crippen LogP contribution in [0.5, 0.6) is 0 Å². The summed E-state index contributed by atoms with van der Waals surface area (Å²) in [6.07, 6.45) is 0. The summed E-state index contributed by atoms with van der Waals surface area (Å²) in [6.45, 7) is 7.33. The van der Waals surface area contributed by atoms with Crippen LogP contribution in [0.1, 0.15) is 32.4 Å². The second-order valence-electron chi connectivity index (χ2n) is 3.79. The Morgan fingerprint density at radius 1 is 1.18 bits per heavy atom. The van der Waals surface area contributed by atoms with E-state index in [2.05, 4.69) is 15.5 Å². The van der Waals surface area contributed by atoms with Gasteiger partial charge in [-0.15, -0.1) is 10.2 Å². The maximum atomic E-state index is 12.0. The zero-order valence-electron chi connectivity index (χ0n) is 10.1. The number of aryl methyl sites for hydroxylation is 3. The summed E-state index contributed by atoms with van der Waals surface area (Å²) >= 11 is 1.34. The summed E-state index contributed by atoms with van der Waals surface area (Å²) < 4.78 is 5.42. The zero-order valence-corrected chi connectivity index (χ0v) is 10.9. The third-order valence-corrected chi connectivity index (χ3v) is 3.29. The van der Waals surface area contributed by atoms with E-state index in [1.54, 1.807) is 6.92 Å². The molecule has 90 valence electrons. The largest absolute Gasteiger partial charge is 0.466 e. The zero-order chi connectivity index (χ0) is 12.6. The average Bonchev–Trinajstić information content (AvgIpc) is 2.73. The molecule has 0 saturated heterocycles. The van der Waals surface area contributed by atoms with Crippen LogP contribution in [0.3, 0.4) is 0 Å². The number of furan rings is 1.